The van der Waals surface area contributed by atoms with Crippen LogP contribution in [-0.2, 0) is 0 Å². The Bertz CT molecular complexity index is 332. The van der Waals surface area contributed by atoms with E-state index in [4.69, 9.17) is 4.74 Å². The fourth-order valence-electron chi connectivity index (χ4n) is 1.54. The second kappa shape index (κ2) is 5.90. The molecule has 0 spiro atoms. The van der Waals surface area contributed by atoms with Crippen LogP contribution in [0.2, 0.25) is 0 Å². The molecule has 2 heteroatoms. The van der Waals surface area contributed by atoms with E-state index in [1.165, 1.54) is 11.1 Å². The van der Waals surface area contributed by atoms with Crippen molar-refractivity contribution in [3.8, 4) is 5.75 Å². The molecule has 0 atom stereocenters. The van der Waals surface area contributed by atoms with E-state index in [0.717, 1.165) is 18.9 Å². The minimum absolute atomic E-state index is 0.552. The van der Waals surface area contributed by atoms with Crippen LogP contribution in [0.1, 0.15) is 30.9 Å². The van der Waals surface area contributed by atoms with Crippen molar-refractivity contribution in [2.45, 2.75) is 26.7 Å². The highest BCUT2D eigenvalue weighted by molar-refractivity contribution is 5.35. The molecule has 0 heterocycles. The van der Waals surface area contributed by atoms with Crippen LogP contribution in [0.5, 0.6) is 5.75 Å². The van der Waals surface area contributed by atoms with Crippen LogP contribution in [0.25, 0.3) is 0 Å². The van der Waals surface area contributed by atoms with E-state index >= 15 is 0 Å². The van der Waals surface area contributed by atoms with Gasteiger partial charge in [0.15, 0.2) is 0 Å². The van der Waals surface area contributed by atoms with Gasteiger partial charge in [-0.25, -0.2) is 0 Å². The van der Waals surface area contributed by atoms with E-state index in [9.17, 15) is 0 Å². The Labute approximate surface area is 99.2 Å². The fourth-order valence-corrected chi connectivity index (χ4v) is 1.54. The maximum absolute atomic E-state index is 5.75. The molecule has 0 radical (unpaired) electrons. The molecule has 2 nitrogen and oxygen atoms in total. The van der Waals surface area contributed by atoms with Gasteiger partial charge < -0.3 is 9.64 Å². The summed E-state index contributed by atoms with van der Waals surface area (Å²) >= 11 is 0. The molecule has 0 saturated carbocycles. The summed E-state index contributed by atoms with van der Waals surface area (Å²) in [6, 6.07) is 6.47. The van der Waals surface area contributed by atoms with Crippen LogP contribution >= 0.6 is 0 Å². The van der Waals surface area contributed by atoms with Crippen LogP contribution in [0.3, 0.4) is 0 Å². The predicted octanol–water partition coefficient (Wildman–Crippen LogP) is 3.06. The predicted molar refractivity (Wildman–Crippen MR) is 69.3 cm³/mol. The van der Waals surface area contributed by atoms with Crippen molar-refractivity contribution in [2.24, 2.45) is 0 Å². The number of nitrogens with zero attached hydrogens (tertiary/aromatic N) is 1. The minimum Gasteiger partial charge on any atom is -0.492 e. The average Bonchev–Trinajstić information content (AvgIpc) is 2.16. The first-order valence-electron chi connectivity index (χ1n) is 5.88. The summed E-state index contributed by atoms with van der Waals surface area (Å²) < 4.78 is 5.75. The molecule has 0 amide bonds. The third-order valence-corrected chi connectivity index (χ3v) is 2.55. The molecule has 1 aromatic carbocycles. The molecule has 0 saturated heterocycles. The standard InChI is InChI=1S/C14H23NO/c1-11(2)13-8-12(3)9-14(10-13)16-7-6-15(4)5/h8-11H,6-7H2,1-5H3. The molecule has 0 fully saturated rings. The minimum atomic E-state index is 0.552. The molecule has 0 aromatic heterocycles. The lowest BCUT2D eigenvalue weighted by Gasteiger charge is -2.13. The van der Waals surface area contributed by atoms with Gasteiger partial charge in [-0.15, -0.1) is 0 Å². The lowest BCUT2D eigenvalue weighted by molar-refractivity contribution is 0.261. The third-order valence-electron chi connectivity index (χ3n) is 2.55. The number of hydrogen-bond acceptors (Lipinski definition) is 2. The van der Waals surface area contributed by atoms with E-state index in [-0.39, 0.29) is 0 Å². The topological polar surface area (TPSA) is 12.5 Å². The molecule has 0 unspecified atom stereocenters. The molecule has 1 aromatic rings. The van der Waals surface area contributed by atoms with Crippen LogP contribution in [0.4, 0.5) is 0 Å². The van der Waals surface area contributed by atoms with Crippen LogP contribution in [-0.4, -0.2) is 32.1 Å². The zero-order chi connectivity index (χ0) is 12.1. The zero-order valence-corrected chi connectivity index (χ0v) is 11.1. The summed E-state index contributed by atoms with van der Waals surface area (Å²) in [5.74, 6) is 1.54. The first-order valence-corrected chi connectivity index (χ1v) is 5.88. The van der Waals surface area contributed by atoms with Crippen molar-refractivity contribution in [2.75, 3.05) is 27.2 Å². The van der Waals surface area contributed by atoms with E-state index in [1.807, 2.05) is 0 Å². The van der Waals surface area contributed by atoms with E-state index in [1.54, 1.807) is 0 Å². The molecule has 90 valence electrons. The highest BCUT2D eigenvalue weighted by Crippen LogP contribution is 2.22. The average molecular weight is 221 g/mol. The van der Waals surface area contributed by atoms with Crippen molar-refractivity contribution in [1.29, 1.82) is 0 Å². The molecule has 0 aliphatic heterocycles. The molecular weight excluding hydrogens is 198 g/mol. The summed E-state index contributed by atoms with van der Waals surface area (Å²) in [7, 11) is 4.11. The van der Waals surface area contributed by atoms with Gasteiger partial charge in [0.2, 0.25) is 0 Å². The maximum Gasteiger partial charge on any atom is 0.119 e. The van der Waals surface area contributed by atoms with Gasteiger partial charge in [0.1, 0.15) is 12.4 Å². The number of aryl methyl sites for hydroxylation is 1. The summed E-state index contributed by atoms with van der Waals surface area (Å²) in [4.78, 5) is 2.12. The van der Waals surface area contributed by atoms with Gasteiger partial charge in [-0.1, -0.05) is 19.9 Å². The Kier molecular flexibility index (Phi) is 4.81. The van der Waals surface area contributed by atoms with Crippen LogP contribution in [0.15, 0.2) is 18.2 Å². The smallest absolute Gasteiger partial charge is 0.119 e. The lowest BCUT2D eigenvalue weighted by atomic mass is 10.0. The number of rotatable bonds is 5. The Hall–Kier alpha value is -1.02. The third kappa shape index (κ3) is 4.23. The summed E-state index contributed by atoms with van der Waals surface area (Å²) in [6.07, 6.45) is 0. The first-order chi connectivity index (χ1) is 7.49. The summed E-state index contributed by atoms with van der Waals surface area (Å²) in [5.41, 5.74) is 2.62. The number of hydrogen-bond donors (Lipinski definition) is 0. The maximum atomic E-state index is 5.75. The quantitative estimate of drug-likeness (QED) is 0.757. The van der Waals surface area contributed by atoms with E-state index in [0.29, 0.717) is 5.92 Å². The monoisotopic (exact) mass is 221 g/mol. The van der Waals surface area contributed by atoms with Gasteiger partial charge in [-0.2, -0.15) is 0 Å². The lowest BCUT2D eigenvalue weighted by Crippen LogP contribution is -2.19. The van der Waals surface area contributed by atoms with Gasteiger partial charge >= 0.3 is 0 Å². The van der Waals surface area contributed by atoms with Gasteiger partial charge in [-0.05, 0) is 50.2 Å². The fraction of sp³-hybridized carbons (Fsp3) is 0.571. The Morgan fingerprint density at radius 1 is 1.19 bits per heavy atom. The van der Waals surface area contributed by atoms with Gasteiger partial charge in [0, 0.05) is 6.54 Å². The highest BCUT2D eigenvalue weighted by Gasteiger charge is 2.03. The van der Waals surface area contributed by atoms with Crippen molar-refractivity contribution in [3.63, 3.8) is 0 Å². The number of likely N-dealkylation sites (N-methyl/N-ethyl adjacent to an activating group) is 1. The number of ether oxygens (including phenoxy) is 1. The Morgan fingerprint density at radius 3 is 2.44 bits per heavy atom. The normalized spacial score (nSPS) is 11.2. The molecular formula is C14H23NO. The van der Waals surface area contributed by atoms with Crippen LogP contribution < -0.4 is 4.74 Å². The van der Waals surface area contributed by atoms with E-state index in [2.05, 4.69) is 58.0 Å². The van der Waals surface area contributed by atoms with Crippen LogP contribution in [0, 0.1) is 6.92 Å². The second-order valence-corrected chi connectivity index (χ2v) is 4.89. The molecule has 0 aliphatic rings. The Morgan fingerprint density at radius 2 is 1.88 bits per heavy atom. The summed E-state index contributed by atoms with van der Waals surface area (Å²) in [6.45, 7) is 8.22. The Balaban J connectivity index is 2.65. The van der Waals surface area contributed by atoms with E-state index < -0.39 is 0 Å². The number of benzene rings is 1. The van der Waals surface area contributed by atoms with Gasteiger partial charge in [0.25, 0.3) is 0 Å². The van der Waals surface area contributed by atoms with Gasteiger partial charge in [0.05, 0.1) is 0 Å². The summed E-state index contributed by atoms with van der Waals surface area (Å²) in [5, 5.41) is 0. The second-order valence-electron chi connectivity index (χ2n) is 4.89. The van der Waals surface area contributed by atoms with Crippen molar-refractivity contribution < 1.29 is 4.74 Å². The highest BCUT2D eigenvalue weighted by atomic mass is 16.5. The molecule has 0 N–H and O–H groups in total. The van der Waals surface area contributed by atoms with Crippen molar-refractivity contribution in [1.82, 2.24) is 4.90 Å². The first kappa shape index (κ1) is 13.0. The van der Waals surface area contributed by atoms with Gasteiger partial charge in [-0.3, -0.25) is 0 Å². The van der Waals surface area contributed by atoms with Crippen molar-refractivity contribution in [3.05, 3.63) is 29.3 Å². The molecule has 0 bridgehead atoms. The largest absolute Gasteiger partial charge is 0.492 e. The molecule has 0 aliphatic carbocycles. The SMILES string of the molecule is Cc1cc(OCCN(C)C)cc(C(C)C)c1. The molecule has 16 heavy (non-hydrogen) atoms. The molecule has 1 rings (SSSR count). The van der Waals surface area contributed by atoms with Crippen molar-refractivity contribution >= 4 is 0 Å². The zero-order valence-electron chi connectivity index (χ0n) is 11.1.